The Labute approximate surface area is 159 Å². The second-order valence-corrected chi connectivity index (χ2v) is 7.84. The van der Waals surface area contributed by atoms with E-state index in [2.05, 4.69) is 23.1 Å². The maximum atomic E-state index is 13.4. The Hall–Kier alpha value is -2.21. The number of aryl methyl sites for hydroxylation is 1. The van der Waals surface area contributed by atoms with E-state index in [-0.39, 0.29) is 17.1 Å². The highest BCUT2D eigenvalue weighted by atomic mass is 19.1. The second kappa shape index (κ2) is 7.43. The average Bonchev–Trinajstić information content (AvgIpc) is 3.13. The number of aromatic nitrogens is 2. The molecule has 1 spiro atoms. The minimum atomic E-state index is -0.314. The Morgan fingerprint density at radius 2 is 1.89 bits per heavy atom. The first-order valence-electron chi connectivity index (χ1n) is 9.91. The lowest BCUT2D eigenvalue weighted by atomic mass is 9.72. The van der Waals surface area contributed by atoms with Gasteiger partial charge < -0.3 is 4.90 Å². The van der Waals surface area contributed by atoms with Crippen molar-refractivity contribution >= 4 is 11.6 Å². The van der Waals surface area contributed by atoms with Gasteiger partial charge in [0.15, 0.2) is 0 Å². The van der Waals surface area contributed by atoms with E-state index in [1.54, 1.807) is 12.1 Å². The molecule has 144 valence electrons. The maximum absolute atomic E-state index is 13.4. The van der Waals surface area contributed by atoms with Gasteiger partial charge in [0, 0.05) is 43.6 Å². The van der Waals surface area contributed by atoms with Crippen molar-refractivity contribution in [2.45, 2.75) is 45.7 Å². The molecule has 27 heavy (non-hydrogen) atoms. The number of benzene rings is 1. The van der Waals surface area contributed by atoms with Crippen LogP contribution >= 0.6 is 0 Å². The van der Waals surface area contributed by atoms with Gasteiger partial charge in [0.2, 0.25) is 5.91 Å². The van der Waals surface area contributed by atoms with Crippen LogP contribution in [0.4, 0.5) is 10.1 Å². The van der Waals surface area contributed by atoms with Gasteiger partial charge in [0.25, 0.3) is 0 Å². The number of piperidine rings is 2. The summed E-state index contributed by atoms with van der Waals surface area (Å²) in [5.74, 6) is -0.0660. The standard InChI is InChI=1S/C21H27FN4O/c1-2-25-15-17(13-23-25)14-24-11-3-9-21(16-24)10-4-12-26(20(21)27)19-7-5-18(22)6-8-19/h5-8,13,15H,2-4,9-12,14,16H2,1H3. The molecule has 1 aromatic heterocycles. The van der Waals surface area contributed by atoms with Crippen molar-refractivity contribution in [3.63, 3.8) is 0 Å². The number of nitrogens with zero attached hydrogens (tertiary/aromatic N) is 4. The number of rotatable bonds is 4. The zero-order valence-corrected chi connectivity index (χ0v) is 15.9. The van der Waals surface area contributed by atoms with E-state index in [9.17, 15) is 9.18 Å². The fourth-order valence-corrected chi connectivity index (χ4v) is 4.60. The summed E-state index contributed by atoms with van der Waals surface area (Å²) < 4.78 is 15.2. The van der Waals surface area contributed by atoms with Gasteiger partial charge in [-0.2, -0.15) is 5.10 Å². The van der Waals surface area contributed by atoms with E-state index in [0.29, 0.717) is 0 Å². The molecule has 3 heterocycles. The molecule has 1 atom stereocenters. The van der Waals surface area contributed by atoms with Crippen molar-refractivity contribution in [3.8, 4) is 0 Å². The smallest absolute Gasteiger partial charge is 0.234 e. The highest BCUT2D eigenvalue weighted by Gasteiger charge is 2.46. The summed E-state index contributed by atoms with van der Waals surface area (Å²) >= 11 is 0. The lowest BCUT2D eigenvalue weighted by Gasteiger charge is -2.47. The first-order chi connectivity index (χ1) is 13.1. The lowest BCUT2D eigenvalue weighted by Crippen LogP contribution is -2.56. The molecule has 5 nitrogen and oxygen atoms in total. The molecule has 1 aromatic carbocycles. The summed E-state index contributed by atoms with van der Waals surface area (Å²) in [5, 5.41) is 4.36. The molecule has 4 rings (SSSR count). The molecule has 0 saturated carbocycles. The molecule has 0 bridgehead atoms. The molecule has 0 radical (unpaired) electrons. The van der Waals surface area contributed by atoms with Gasteiger partial charge >= 0.3 is 0 Å². The van der Waals surface area contributed by atoms with Gasteiger partial charge in [-0.25, -0.2) is 4.39 Å². The van der Waals surface area contributed by atoms with Gasteiger partial charge in [-0.15, -0.1) is 0 Å². The highest BCUT2D eigenvalue weighted by molar-refractivity contribution is 5.98. The number of halogens is 1. The van der Waals surface area contributed by atoms with Crippen LogP contribution in [0.25, 0.3) is 0 Å². The van der Waals surface area contributed by atoms with Crippen LogP contribution in [-0.2, 0) is 17.9 Å². The summed E-state index contributed by atoms with van der Waals surface area (Å²) in [6.45, 7) is 6.32. The zero-order chi connectivity index (χ0) is 18.9. The van der Waals surface area contributed by atoms with Crippen LogP contribution in [0.2, 0.25) is 0 Å². The van der Waals surface area contributed by atoms with Crippen LogP contribution in [-0.4, -0.2) is 40.2 Å². The number of likely N-dealkylation sites (tertiary alicyclic amines) is 1. The predicted molar refractivity (Wildman–Crippen MR) is 103 cm³/mol. The van der Waals surface area contributed by atoms with E-state index in [0.717, 1.165) is 64.1 Å². The predicted octanol–water partition coefficient (Wildman–Crippen LogP) is 3.45. The van der Waals surface area contributed by atoms with E-state index in [1.807, 2.05) is 15.8 Å². The highest BCUT2D eigenvalue weighted by Crippen LogP contribution is 2.41. The molecular weight excluding hydrogens is 343 g/mol. The SMILES string of the molecule is CCn1cc(CN2CCCC3(CCCN(c4ccc(F)cc4)C3=O)C2)cn1. The van der Waals surface area contributed by atoms with Crippen molar-refractivity contribution in [2.75, 3.05) is 24.5 Å². The maximum Gasteiger partial charge on any atom is 0.234 e. The topological polar surface area (TPSA) is 41.4 Å². The summed E-state index contributed by atoms with van der Waals surface area (Å²) in [5.41, 5.74) is 1.69. The number of carbonyl (C=O) groups is 1. The molecule has 2 saturated heterocycles. The van der Waals surface area contributed by atoms with Crippen LogP contribution in [0.3, 0.4) is 0 Å². The van der Waals surface area contributed by atoms with Gasteiger partial charge in [-0.1, -0.05) is 0 Å². The number of amides is 1. The van der Waals surface area contributed by atoms with Crippen LogP contribution in [0.5, 0.6) is 0 Å². The molecule has 0 N–H and O–H groups in total. The molecule has 2 aliphatic heterocycles. The quantitative estimate of drug-likeness (QED) is 0.828. The summed E-state index contributed by atoms with van der Waals surface area (Å²) in [6.07, 6.45) is 7.92. The fraction of sp³-hybridized carbons (Fsp3) is 0.524. The van der Waals surface area contributed by atoms with Gasteiger partial charge in [0.1, 0.15) is 5.82 Å². The average molecular weight is 370 g/mol. The fourth-order valence-electron chi connectivity index (χ4n) is 4.60. The van der Waals surface area contributed by atoms with Crippen molar-refractivity contribution < 1.29 is 9.18 Å². The Kier molecular flexibility index (Phi) is 5.00. The third-order valence-corrected chi connectivity index (χ3v) is 5.95. The van der Waals surface area contributed by atoms with Crippen molar-refractivity contribution in [3.05, 3.63) is 48.0 Å². The van der Waals surface area contributed by atoms with E-state index >= 15 is 0 Å². The Morgan fingerprint density at radius 1 is 1.15 bits per heavy atom. The van der Waals surface area contributed by atoms with E-state index < -0.39 is 0 Å². The van der Waals surface area contributed by atoms with Gasteiger partial charge in [-0.05, 0) is 63.4 Å². The summed E-state index contributed by atoms with van der Waals surface area (Å²) in [6, 6.07) is 6.29. The molecule has 1 unspecified atom stereocenters. The van der Waals surface area contributed by atoms with Crippen LogP contribution < -0.4 is 4.90 Å². The monoisotopic (exact) mass is 370 g/mol. The molecule has 6 heteroatoms. The second-order valence-electron chi connectivity index (χ2n) is 7.84. The molecular formula is C21H27FN4O. The van der Waals surface area contributed by atoms with Crippen LogP contribution in [0.1, 0.15) is 38.2 Å². The minimum absolute atomic E-state index is 0.203. The first-order valence-corrected chi connectivity index (χ1v) is 9.91. The summed E-state index contributed by atoms with van der Waals surface area (Å²) in [4.78, 5) is 17.7. The van der Waals surface area contributed by atoms with Gasteiger partial charge in [0.05, 0.1) is 11.6 Å². The lowest BCUT2D eigenvalue weighted by molar-refractivity contribution is -0.134. The third-order valence-electron chi connectivity index (χ3n) is 5.95. The first kappa shape index (κ1) is 18.2. The Balaban J connectivity index is 1.50. The summed E-state index contributed by atoms with van der Waals surface area (Å²) in [7, 11) is 0. The minimum Gasteiger partial charge on any atom is -0.312 e. The molecule has 2 aliphatic rings. The molecule has 2 aromatic rings. The third kappa shape index (κ3) is 3.63. The van der Waals surface area contributed by atoms with E-state index in [4.69, 9.17) is 0 Å². The van der Waals surface area contributed by atoms with Crippen LogP contribution in [0, 0.1) is 11.2 Å². The number of carbonyl (C=O) groups excluding carboxylic acids is 1. The largest absolute Gasteiger partial charge is 0.312 e. The van der Waals surface area contributed by atoms with Crippen molar-refractivity contribution in [1.29, 1.82) is 0 Å². The Morgan fingerprint density at radius 3 is 2.59 bits per heavy atom. The molecule has 1 amide bonds. The molecule has 2 fully saturated rings. The van der Waals surface area contributed by atoms with E-state index in [1.165, 1.54) is 17.7 Å². The Bertz CT molecular complexity index is 799. The van der Waals surface area contributed by atoms with Gasteiger partial charge in [-0.3, -0.25) is 14.4 Å². The normalized spacial score (nSPS) is 23.9. The van der Waals surface area contributed by atoms with Crippen molar-refractivity contribution in [1.82, 2.24) is 14.7 Å². The van der Waals surface area contributed by atoms with Crippen LogP contribution in [0.15, 0.2) is 36.7 Å². The number of hydrogen-bond donors (Lipinski definition) is 0. The number of anilines is 1. The number of hydrogen-bond acceptors (Lipinski definition) is 3. The molecule has 0 aliphatic carbocycles. The zero-order valence-electron chi connectivity index (χ0n) is 15.9. The van der Waals surface area contributed by atoms with Crippen molar-refractivity contribution in [2.24, 2.45) is 5.41 Å².